The molecule has 1 fully saturated rings. The van der Waals surface area contributed by atoms with Crippen LogP contribution in [0.2, 0.25) is 0 Å². The highest BCUT2D eigenvalue weighted by atomic mass is 16.5. The molecule has 1 amide bonds. The molecule has 1 saturated heterocycles. The maximum absolute atomic E-state index is 11.8. The van der Waals surface area contributed by atoms with Crippen molar-refractivity contribution >= 4 is 11.6 Å². The van der Waals surface area contributed by atoms with Crippen LogP contribution in [0.15, 0.2) is 54.6 Å². The molecule has 0 bridgehead atoms. The van der Waals surface area contributed by atoms with Crippen molar-refractivity contribution < 1.29 is 14.3 Å². The highest BCUT2D eigenvalue weighted by Crippen LogP contribution is 2.48. The first-order valence-electron chi connectivity index (χ1n) is 10.1. The second kappa shape index (κ2) is 6.81. The van der Waals surface area contributed by atoms with E-state index in [9.17, 15) is 4.79 Å². The molecule has 3 aliphatic heterocycles. The molecular weight excluding hydrogens is 366 g/mol. The van der Waals surface area contributed by atoms with Crippen LogP contribution in [0, 0.1) is 0 Å². The molecule has 150 valence electrons. The molecule has 5 rings (SSSR count). The van der Waals surface area contributed by atoms with Gasteiger partial charge in [0.15, 0.2) is 5.72 Å². The minimum atomic E-state index is -0.484. The van der Waals surface area contributed by atoms with Gasteiger partial charge in [0.2, 0.25) is 5.91 Å². The molecule has 0 aromatic heterocycles. The lowest BCUT2D eigenvalue weighted by Gasteiger charge is -2.51. The third-order valence-corrected chi connectivity index (χ3v) is 6.19. The Kier molecular flexibility index (Phi) is 4.24. The number of carbonyl (C=O) groups excluding carboxylic acids is 1. The molecule has 6 nitrogen and oxygen atoms in total. The topological polar surface area (TPSA) is 54.0 Å². The molecular formula is C23H25N3O3. The van der Waals surface area contributed by atoms with Crippen LogP contribution >= 0.6 is 0 Å². The van der Waals surface area contributed by atoms with E-state index in [0.717, 1.165) is 41.2 Å². The van der Waals surface area contributed by atoms with Crippen LogP contribution in [0.4, 0.5) is 0 Å². The van der Waals surface area contributed by atoms with Gasteiger partial charge in [0.25, 0.3) is 0 Å². The maximum Gasteiger partial charge on any atom is 0.219 e. The lowest BCUT2D eigenvalue weighted by Crippen LogP contribution is -2.63. The van der Waals surface area contributed by atoms with Crippen LogP contribution in [-0.4, -0.2) is 41.7 Å². The van der Waals surface area contributed by atoms with Gasteiger partial charge in [-0.3, -0.25) is 4.79 Å². The fraction of sp³-hybridized carbons (Fsp3) is 0.348. The van der Waals surface area contributed by atoms with Crippen LogP contribution in [0.1, 0.15) is 36.9 Å². The van der Waals surface area contributed by atoms with Gasteiger partial charge in [0.1, 0.15) is 11.5 Å². The van der Waals surface area contributed by atoms with Crippen molar-refractivity contribution in [3.05, 3.63) is 65.7 Å². The number of rotatable bonds is 2. The first kappa shape index (κ1) is 18.1. The molecule has 0 aliphatic carbocycles. The highest BCUT2D eigenvalue weighted by Gasteiger charge is 2.51. The van der Waals surface area contributed by atoms with Gasteiger partial charge in [0.05, 0.1) is 18.8 Å². The highest BCUT2D eigenvalue weighted by molar-refractivity contribution is 5.73. The van der Waals surface area contributed by atoms with Gasteiger partial charge < -0.3 is 19.8 Å². The van der Waals surface area contributed by atoms with Crippen molar-refractivity contribution in [3.63, 3.8) is 0 Å². The fourth-order valence-corrected chi connectivity index (χ4v) is 4.59. The number of hydrogen-bond donors (Lipinski definition) is 1. The summed E-state index contributed by atoms with van der Waals surface area (Å²) >= 11 is 0. The largest absolute Gasteiger partial charge is 0.497 e. The number of hydrazine groups is 1. The van der Waals surface area contributed by atoms with E-state index in [2.05, 4.69) is 28.6 Å². The summed E-state index contributed by atoms with van der Waals surface area (Å²) in [5, 5.41) is 2.24. The standard InChI is InChI=1S/C23H25N3O3/c1-16(27)25-12-10-23(11-13-25)26-21(19-8-3-4-9-22(19)29-23)15-20(24-26)17-6-5-7-18(14-17)28-2/h3-9,14-15,21,24H,10-13H2,1-2H3/t21-/m1/s1. The molecule has 29 heavy (non-hydrogen) atoms. The first-order chi connectivity index (χ1) is 14.1. The van der Waals surface area contributed by atoms with Gasteiger partial charge in [-0.15, -0.1) is 0 Å². The third-order valence-electron chi connectivity index (χ3n) is 6.19. The number of fused-ring (bicyclic) bond motifs is 4. The Morgan fingerprint density at radius 2 is 1.97 bits per heavy atom. The van der Waals surface area contributed by atoms with Gasteiger partial charge in [-0.1, -0.05) is 30.3 Å². The van der Waals surface area contributed by atoms with Crippen molar-refractivity contribution in [1.29, 1.82) is 0 Å². The van der Waals surface area contributed by atoms with Crippen molar-refractivity contribution in [2.24, 2.45) is 0 Å². The van der Waals surface area contributed by atoms with Gasteiger partial charge in [0, 0.05) is 44.0 Å². The SMILES string of the molecule is COc1cccc(C2=C[C@@H]3c4ccccc4OC4(CCN(C(C)=O)CC4)N3N2)c1. The maximum atomic E-state index is 11.8. The Hall–Kier alpha value is -2.99. The smallest absolute Gasteiger partial charge is 0.219 e. The molecule has 1 N–H and O–H groups in total. The van der Waals surface area contributed by atoms with Gasteiger partial charge >= 0.3 is 0 Å². The molecule has 3 aliphatic rings. The van der Waals surface area contributed by atoms with E-state index in [1.807, 2.05) is 41.3 Å². The zero-order valence-electron chi connectivity index (χ0n) is 16.7. The van der Waals surface area contributed by atoms with Crippen molar-refractivity contribution in [1.82, 2.24) is 15.3 Å². The van der Waals surface area contributed by atoms with E-state index in [-0.39, 0.29) is 11.9 Å². The zero-order chi connectivity index (χ0) is 20.0. The molecule has 6 heteroatoms. The number of ether oxygens (including phenoxy) is 2. The molecule has 1 spiro atoms. The van der Waals surface area contributed by atoms with E-state index in [1.165, 1.54) is 0 Å². The number of hydrogen-bond acceptors (Lipinski definition) is 5. The van der Waals surface area contributed by atoms with E-state index >= 15 is 0 Å². The van der Waals surface area contributed by atoms with Gasteiger partial charge in [-0.05, 0) is 24.3 Å². The van der Waals surface area contributed by atoms with Gasteiger partial charge in [-0.2, -0.15) is 5.01 Å². The monoisotopic (exact) mass is 391 g/mol. The Labute approximate surface area is 170 Å². The van der Waals surface area contributed by atoms with Crippen molar-refractivity contribution in [2.45, 2.75) is 31.5 Å². The normalized spacial score (nSPS) is 22.2. The van der Waals surface area contributed by atoms with Gasteiger partial charge in [-0.25, -0.2) is 0 Å². The minimum Gasteiger partial charge on any atom is -0.497 e. The quantitative estimate of drug-likeness (QED) is 0.851. The molecule has 0 unspecified atom stereocenters. The van der Waals surface area contributed by atoms with Crippen molar-refractivity contribution in [2.75, 3.05) is 20.2 Å². The zero-order valence-corrected chi connectivity index (χ0v) is 16.7. The number of para-hydroxylation sites is 1. The second-order valence-electron chi connectivity index (χ2n) is 7.83. The average Bonchev–Trinajstić information content (AvgIpc) is 3.21. The second-order valence-corrected chi connectivity index (χ2v) is 7.83. The summed E-state index contributed by atoms with van der Waals surface area (Å²) in [6, 6.07) is 16.4. The van der Waals surface area contributed by atoms with E-state index in [4.69, 9.17) is 9.47 Å². The van der Waals surface area contributed by atoms with E-state index in [1.54, 1.807) is 14.0 Å². The summed E-state index contributed by atoms with van der Waals surface area (Å²) in [6.07, 6.45) is 3.77. The average molecular weight is 391 g/mol. The van der Waals surface area contributed by atoms with Crippen LogP contribution in [-0.2, 0) is 4.79 Å². The third kappa shape index (κ3) is 2.95. The Morgan fingerprint density at radius 3 is 2.72 bits per heavy atom. The van der Waals surface area contributed by atoms with Crippen LogP contribution in [0.5, 0.6) is 11.5 Å². The number of methoxy groups -OCH3 is 1. The summed E-state index contributed by atoms with van der Waals surface area (Å²) in [4.78, 5) is 13.7. The summed E-state index contributed by atoms with van der Waals surface area (Å²) in [7, 11) is 1.68. The Bertz CT molecular complexity index is 979. The van der Waals surface area contributed by atoms with Crippen LogP contribution < -0.4 is 14.9 Å². The lowest BCUT2D eigenvalue weighted by molar-refractivity contribution is -0.165. The molecule has 2 aromatic rings. The minimum absolute atomic E-state index is 0.0741. The predicted octanol–water partition coefficient (Wildman–Crippen LogP) is 3.33. The number of benzene rings is 2. The number of likely N-dealkylation sites (tertiary alicyclic amines) is 1. The Balaban J connectivity index is 1.52. The molecule has 3 heterocycles. The number of nitrogens with zero attached hydrogens (tertiary/aromatic N) is 2. The summed E-state index contributed by atoms with van der Waals surface area (Å²) in [5.74, 6) is 1.88. The fourth-order valence-electron chi connectivity index (χ4n) is 4.59. The summed E-state index contributed by atoms with van der Waals surface area (Å²) in [6.45, 7) is 3.02. The van der Waals surface area contributed by atoms with Crippen molar-refractivity contribution in [3.8, 4) is 11.5 Å². The lowest BCUT2D eigenvalue weighted by atomic mass is 9.93. The Morgan fingerprint density at radius 1 is 1.17 bits per heavy atom. The number of nitrogens with one attached hydrogen (secondary N) is 1. The van der Waals surface area contributed by atoms with E-state index in [0.29, 0.717) is 13.1 Å². The number of carbonyl (C=O) groups is 1. The summed E-state index contributed by atoms with van der Waals surface area (Å²) < 4.78 is 12.0. The molecule has 2 aromatic carbocycles. The molecule has 0 radical (unpaired) electrons. The first-order valence-corrected chi connectivity index (χ1v) is 10.1. The van der Waals surface area contributed by atoms with E-state index < -0.39 is 5.72 Å². The molecule has 1 atom stereocenters. The predicted molar refractivity (Wildman–Crippen MR) is 110 cm³/mol. The van der Waals surface area contributed by atoms with Crippen LogP contribution in [0.3, 0.4) is 0 Å². The number of piperidine rings is 1. The summed E-state index contributed by atoms with van der Waals surface area (Å²) in [5.41, 5.74) is 6.40. The number of amides is 1. The van der Waals surface area contributed by atoms with Crippen LogP contribution in [0.25, 0.3) is 5.70 Å². The molecule has 0 saturated carbocycles.